The lowest BCUT2D eigenvalue weighted by Gasteiger charge is -2.35. The van der Waals surface area contributed by atoms with E-state index < -0.39 is 0 Å². The Bertz CT molecular complexity index is 434. The van der Waals surface area contributed by atoms with E-state index in [1.54, 1.807) is 0 Å². The van der Waals surface area contributed by atoms with Gasteiger partial charge in [-0.25, -0.2) is 4.79 Å². The third-order valence-corrected chi connectivity index (χ3v) is 4.07. The van der Waals surface area contributed by atoms with Crippen molar-refractivity contribution in [2.45, 2.75) is 25.4 Å². The Balaban J connectivity index is 1.87. The second kappa shape index (κ2) is 6.86. The molecule has 1 aromatic rings. The van der Waals surface area contributed by atoms with E-state index in [0.717, 1.165) is 19.6 Å². The van der Waals surface area contributed by atoms with Crippen LogP contribution in [0.15, 0.2) is 24.3 Å². The molecule has 4 nitrogen and oxygen atoms in total. The highest BCUT2D eigenvalue weighted by Gasteiger charge is 2.20. The number of piperidine rings is 1. The van der Waals surface area contributed by atoms with E-state index in [-0.39, 0.29) is 5.97 Å². The molecular formula is C16H24N2O2. The predicted octanol–water partition coefficient (Wildman–Crippen LogP) is 2.00. The van der Waals surface area contributed by atoms with Crippen LogP contribution in [0.5, 0.6) is 0 Å². The van der Waals surface area contributed by atoms with Gasteiger partial charge in [-0.1, -0.05) is 12.1 Å². The standard InChI is InChI=1S/C16H24N2O2/c1-17(2)15-8-10-18(11-9-15)12-13-4-6-14(7-5-13)16(19)20-3/h4-7,15H,8-12H2,1-3H3. The number of benzene rings is 1. The summed E-state index contributed by atoms with van der Waals surface area (Å²) in [5, 5.41) is 0. The number of ether oxygens (including phenoxy) is 1. The average Bonchev–Trinajstić information content (AvgIpc) is 2.48. The third kappa shape index (κ3) is 3.81. The molecule has 0 unspecified atom stereocenters. The Hall–Kier alpha value is -1.39. The van der Waals surface area contributed by atoms with Gasteiger partial charge in [-0.3, -0.25) is 4.90 Å². The van der Waals surface area contributed by atoms with E-state index in [0.29, 0.717) is 11.6 Å². The molecule has 0 atom stereocenters. The summed E-state index contributed by atoms with van der Waals surface area (Å²) in [7, 11) is 5.73. The quantitative estimate of drug-likeness (QED) is 0.788. The van der Waals surface area contributed by atoms with Crippen molar-refractivity contribution >= 4 is 5.97 Å². The molecule has 1 fully saturated rings. The van der Waals surface area contributed by atoms with Crippen LogP contribution in [0.2, 0.25) is 0 Å². The van der Waals surface area contributed by atoms with Gasteiger partial charge in [0.2, 0.25) is 0 Å². The highest BCUT2D eigenvalue weighted by molar-refractivity contribution is 5.89. The van der Waals surface area contributed by atoms with Gasteiger partial charge in [-0.2, -0.15) is 0 Å². The van der Waals surface area contributed by atoms with Gasteiger partial charge < -0.3 is 9.64 Å². The van der Waals surface area contributed by atoms with Crippen molar-refractivity contribution in [2.24, 2.45) is 0 Å². The predicted molar refractivity (Wildman–Crippen MR) is 79.8 cm³/mol. The molecule has 0 amide bonds. The smallest absolute Gasteiger partial charge is 0.337 e. The second-order valence-electron chi connectivity index (χ2n) is 5.66. The second-order valence-corrected chi connectivity index (χ2v) is 5.66. The number of hydrogen-bond donors (Lipinski definition) is 0. The molecule has 0 aromatic heterocycles. The van der Waals surface area contributed by atoms with E-state index in [1.807, 2.05) is 24.3 Å². The molecule has 0 N–H and O–H groups in total. The SMILES string of the molecule is COC(=O)c1ccc(CN2CCC(N(C)C)CC2)cc1. The van der Waals surface area contributed by atoms with Gasteiger partial charge in [0, 0.05) is 12.6 Å². The molecular weight excluding hydrogens is 252 g/mol. The Kier molecular flexibility index (Phi) is 5.15. The van der Waals surface area contributed by atoms with Crippen molar-refractivity contribution in [3.05, 3.63) is 35.4 Å². The van der Waals surface area contributed by atoms with Crippen LogP contribution in [0, 0.1) is 0 Å². The van der Waals surface area contributed by atoms with Crippen molar-refractivity contribution in [3.63, 3.8) is 0 Å². The molecule has 1 saturated heterocycles. The van der Waals surface area contributed by atoms with Crippen LogP contribution in [0.1, 0.15) is 28.8 Å². The van der Waals surface area contributed by atoms with Crippen LogP contribution in [-0.4, -0.2) is 56.1 Å². The maximum atomic E-state index is 11.4. The minimum atomic E-state index is -0.275. The fourth-order valence-corrected chi connectivity index (χ4v) is 2.72. The molecule has 1 aromatic carbocycles. The van der Waals surface area contributed by atoms with E-state index in [4.69, 9.17) is 4.74 Å². The summed E-state index contributed by atoms with van der Waals surface area (Å²) in [5.74, 6) is -0.275. The largest absolute Gasteiger partial charge is 0.465 e. The number of carbonyl (C=O) groups excluding carboxylic acids is 1. The maximum Gasteiger partial charge on any atom is 0.337 e. The van der Waals surface area contributed by atoms with Gasteiger partial charge in [-0.15, -0.1) is 0 Å². The third-order valence-electron chi connectivity index (χ3n) is 4.07. The molecule has 1 aliphatic rings. The van der Waals surface area contributed by atoms with Crippen molar-refractivity contribution in [1.29, 1.82) is 0 Å². The molecule has 2 rings (SSSR count). The highest BCUT2D eigenvalue weighted by atomic mass is 16.5. The Labute approximate surface area is 121 Å². The molecule has 0 bridgehead atoms. The fraction of sp³-hybridized carbons (Fsp3) is 0.562. The van der Waals surface area contributed by atoms with Crippen LogP contribution in [0.4, 0.5) is 0 Å². The van der Waals surface area contributed by atoms with E-state index >= 15 is 0 Å². The molecule has 1 heterocycles. The summed E-state index contributed by atoms with van der Waals surface area (Å²) < 4.78 is 4.71. The van der Waals surface area contributed by atoms with Crippen molar-refractivity contribution in [1.82, 2.24) is 9.80 Å². The molecule has 0 radical (unpaired) electrons. The van der Waals surface area contributed by atoms with Gasteiger partial charge in [0.05, 0.1) is 12.7 Å². The highest BCUT2D eigenvalue weighted by Crippen LogP contribution is 2.17. The number of nitrogens with zero attached hydrogens (tertiary/aromatic N) is 2. The zero-order valence-corrected chi connectivity index (χ0v) is 12.6. The molecule has 110 valence electrons. The van der Waals surface area contributed by atoms with E-state index in [9.17, 15) is 4.79 Å². The summed E-state index contributed by atoms with van der Waals surface area (Å²) in [6.07, 6.45) is 2.46. The fourth-order valence-electron chi connectivity index (χ4n) is 2.72. The van der Waals surface area contributed by atoms with Crippen LogP contribution >= 0.6 is 0 Å². The van der Waals surface area contributed by atoms with Crippen molar-refractivity contribution < 1.29 is 9.53 Å². The Morgan fingerprint density at radius 2 is 1.85 bits per heavy atom. The first-order chi connectivity index (χ1) is 9.60. The summed E-state index contributed by atoms with van der Waals surface area (Å²) in [6, 6.07) is 8.43. The summed E-state index contributed by atoms with van der Waals surface area (Å²) in [4.78, 5) is 16.2. The van der Waals surface area contributed by atoms with Gasteiger partial charge >= 0.3 is 5.97 Å². The lowest BCUT2D eigenvalue weighted by Crippen LogP contribution is -2.41. The first kappa shape index (κ1) is 15.0. The van der Waals surface area contributed by atoms with Crippen LogP contribution < -0.4 is 0 Å². The first-order valence-electron chi connectivity index (χ1n) is 7.16. The summed E-state index contributed by atoms with van der Waals surface area (Å²) >= 11 is 0. The van der Waals surface area contributed by atoms with Crippen molar-refractivity contribution in [2.75, 3.05) is 34.3 Å². The Morgan fingerprint density at radius 3 is 2.35 bits per heavy atom. The zero-order valence-electron chi connectivity index (χ0n) is 12.6. The average molecular weight is 276 g/mol. The van der Waals surface area contributed by atoms with Crippen LogP contribution in [0.3, 0.4) is 0 Å². The molecule has 4 heteroatoms. The lowest BCUT2D eigenvalue weighted by molar-refractivity contribution is 0.0600. The van der Waals surface area contributed by atoms with E-state index in [2.05, 4.69) is 23.9 Å². The van der Waals surface area contributed by atoms with E-state index in [1.165, 1.54) is 25.5 Å². The van der Waals surface area contributed by atoms with Gasteiger partial charge in [0.25, 0.3) is 0 Å². The zero-order chi connectivity index (χ0) is 14.5. The minimum absolute atomic E-state index is 0.275. The number of likely N-dealkylation sites (tertiary alicyclic amines) is 1. The number of hydrogen-bond acceptors (Lipinski definition) is 4. The number of esters is 1. The molecule has 20 heavy (non-hydrogen) atoms. The number of carbonyl (C=O) groups is 1. The molecule has 0 spiro atoms. The minimum Gasteiger partial charge on any atom is -0.465 e. The summed E-state index contributed by atoms with van der Waals surface area (Å²) in [5.41, 5.74) is 1.86. The Morgan fingerprint density at radius 1 is 1.25 bits per heavy atom. The van der Waals surface area contributed by atoms with Crippen molar-refractivity contribution in [3.8, 4) is 0 Å². The first-order valence-corrected chi connectivity index (χ1v) is 7.16. The molecule has 0 saturated carbocycles. The van der Waals surface area contributed by atoms with Gasteiger partial charge in [-0.05, 0) is 57.7 Å². The normalized spacial score (nSPS) is 17.4. The topological polar surface area (TPSA) is 32.8 Å². The summed E-state index contributed by atoms with van der Waals surface area (Å²) in [6.45, 7) is 3.24. The molecule has 1 aliphatic heterocycles. The maximum absolute atomic E-state index is 11.4. The van der Waals surface area contributed by atoms with Crippen LogP contribution in [0.25, 0.3) is 0 Å². The number of rotatable bonds is 4. The monoisotopic (exact) mass is 276 g/mol. The van der Waals surface area contributed by atoms with Gasteiger partial charge in [0.1, 0.15) is 0 Å². The lowest BCUT2D eigenvalue weighted by atomic mass is 10.0. The van der Waals surface area contributed by atoms with Gasteiger partial charge in [0.15, 0.2) is 0 Å². The molecule has 0 aliphatic carbocycles. The number of methoxy groups -OCH3 is 1. The van der Waals surface area contributed by atoms with Crippen LogP contribution in [-0.2, 0) is 11.3 Å².